The Morgan fingerprint density at radius 3 is 2.42 bits per heavy atom. The van der Waals surface area contributed by atoms with Crippen LogP contribution >= 0.6 is 0 Å². The molecule has 0 saturated carbocycles. The fraction of sp³-hybridized carbons (Fsp3) is 0.316. The van der Waals surface area contributed by atoms with Gasteiger partial charge in [-0.1, -0.05) is 24.3 Å². The molecule has 0 aliphatic carbocycles. The summed E-state index contributed by atoms with van der Waals surface area (Å²) in [7, 11) is -1.37. The lowest BCUT2D eigenvalue weighted by atomic mass is 10.1. The summed E-state index contributed by atoms with van der Waals surface area (Å²) in [5.74, 6) is -0.206. The second-order valence-electron chi connectivity index (χ2n) is 6.22. The van der Waals surface area contributed by atoms with Gasteiger partial charge in [-0.15, -0.1) is 0 Å². The van der Waals surface area contributed by atoms with E-state index in [4.69, 9.17) is 0 Å². The number of sulfonamides is 1. The van der Waals surface area contributed by atoms with E-state index in [1.165, 1.54) is 0 Å². The van der Waals surface area contributed by atoms with Gasteiger partial charge in [0, 0.05) is 31.4 Å². The van der Waals surface area contributed by atoms with E-state index in [2.05, 4.69) is 14.9 Å². The third-order valence-electron chi connectivity index (χ3n) is 4.03. The first-order valence-electron chi connectivity index (χ1n) is 8.40. The van der Waals surface area contributed by atoms with Crippen LogP contribution in [0.5, 0.6) is 0 Å². The maximum Gasteiger partial charge on any atom is 0.251 e. The number of hydrogen-bond acceptors (Lipinski definition) is 4. The lowest BCUT2D eigenvalue weighted by molar-refractivity contribution is 0.0953. The maximum atomic E-state index is 12.4. The maximum absolute atomic E-state index is 12.4. The fourth-order valence-corrected chi connectivity index (χ4v) is 3.24. The van der Waals surface area contributed by atoms with E-state index in [0.717, 1.165) is 24.9 Å². The van der Waals surface area contributed by atoms with Crippen LogP contribution in [0.3, 0.4) is 0 Å². The molecule has 0 atom stereocenters. The highest BCUT2D eigenvalue weighted by molar-refractivity contribution is 7.92. The minimum absolute atomic E-state index is 0.206. The average molecular weight is 375 g/mol. The van der Waals surface area contributed by atoms with Crippen LogP contribution < -0.4 is 14.9 Å². The van der Waals surface area contributed by atoms with Gasteiger partial charge in [-0.2, -0.15) is 0 Å². The standard InChI is InChI=1S/C19H25N3O3S/c1-15-17(11-7-12-18(15)21-26(3,24)25)19(23)20-13-8-14-22(2)16-9-5-4-6-10-16/h4-7,9-12,21H,8,13-14H2,1-3H3,(H,20,23). The lowest BCUT2D eigenvalue weighted by Gasteiger charge is -2.19. The molecule has 2 aromatic carbocycles. The highest BCUT2D eigenvalue weighted by Gasteiger charge is 2.13. The molecule has 1 amide bonds. The number of para-hydroxylation sites is 1. The SMILES string of the molecule is Cc1c(NS(C)(=O)=O)cccc1C(=O)NCCCN(C)c1ccccc1. The van der Waals surface area contributed by atoms with Crippen molar-refractivity contribution in [1.29, 1.82) is 0 Å². The van der Waals surface area contributed by atoms with Crippen molar-refractivity contribution in [2.75, 3.05) is 36.0 Å². The van der Waals surface area contributed by atoms with Gasteiger partial charge in [-0.25, -0.2) is 8.42 Å². The van der Waals surface area contributed by atoms with E-state index in [-0.39, 0.29) is 5.91 Å². The molecule has 140 valence electrons. The van der Waals surface area contributed by atoms with Crippen molar-refractivity contribution in [3.8, 4) is 0 Å². The summed E-state index contributed by atoms with van der Waals surface area (Å²) in [6, 6.07) is 15.0. The summed E-state index contributed by atoms with van der Waals surface area (Å²) in [6.45, 7) is 3.09. The number of hydrogen-bond donors (Lipinski definition) is 2. The number of carbonyl (C=O) groups is 1. The first-order valence-corrected chi connectivity index (χ1v) is 10.3. The molecule has 0 fully saturated rings. The van der Waals surface area contributed by atoms with Gasteiger partial charge in [-0.05, 0) is 43.2 Å². The van der Waals surface area contributed by atoms with Crippen molar-refractivity contribution in [3.05, 3.63) is 59.7 Å². The van der Waals surface area contributed by atoms with Crippen molar-refractivity contribution >= 4 is 27.3 Å². The summed E-state index contributed by atoms with van der Waals surface area (Å²) >= 11 is 0. The van der Waals surface area contributed by atoms with Gasteiger partial charge in [0.1, 0.15) is 0 Å². The molecule has 2 aromatic rings. The zero-order chi connectivity index (χ0) is 19.2. The minimum atomic E-state index is -3.39. The molecule has 2 N–H and O–H groups in total. The van der Waals surface area contributed by atoms with Crippen molar-refractivity contribution in [1.82, 2.24) is 5.32 Å². The van der Waals surface area contributed by atoms with Gasteiger partial charge in [0.05, 0.1) is 11.9 Å². The van der Waals surface area contributed by atoms with Gasteiger partial charge >= 0.3 is 0 Å². The zero-order valence-electron chi connectivity index (χ0n) is 15.3. The Kier molecular flexibility index (Phi) is 6.63. The van der Waals surface area contributed by atoms with Crippen molar-refractivity contribution in [3.63, 3.8) is 0 Å². The molecule has 0 unspecified atom stereocenters. The van der Waals surface area contributed by atoms with Crippen LogP contribution in [0, 0.1) is 6.92 Å². The van der Waals surface area contributed by atoms with E-state index in [9.17, 15) is 13.2 Å². The zero-order valence-corrected chi connectivity index (χ0v) is 16.1. The Balaban J connectivity index is 1.89. The first-order chi connectivity index (χ1) is 12.3. The summed E-state index contributed by atoms with van der Waals surface area (Å²) in [5.41, 5.74) is 2.63. The quantitative estimate of drug-likeness (QED) is 0.695. The largest absolute Gasteiger partial charge is 0.375 e. The smallest absolute Gasteiger partial charge is 0.251 e. The Morgan fingerprint density at radius 1 is 1.08 bits per heavy atom. The summed E-state index contributed by atoms with van der Waals surface area (Å²) in [6.07, 6.45) is 1.89. The predicted octanol–water partition coefficient (Wildman–Crippen LogP) is 2.62. The normalized spacial score (nSPS) is 11.0. The Hall–Kier alpha value is -2.54. The average Bonchev–Trinajstić information content (AvgIpc) is 2.59. The summed E-state index contributed by atoms with van der Waals surface area (Å²) < 4.78 is 25.2. The van der Waals surface area contributed by atoms with Crippen molar-refractivity contribution in [2.24, 2.45) is 0 Å². The molecule has 0 bridgehead atoms. The second kappa shape index (κ2) is 8.71. The van der Waals surface area contributed by atoms with Crippen LogP contribution in [0.2, 0.25) is 0 Å². The van der Waals surface area contributed by atoms with E-state index >= 15 is 0 Å². The number of anilines is 2. The topological polar surface area (TPSA) is 78.5 Å². The monoisotopic (exact) mass is 375 g/mol. The Bertz CT molecular complexity index is 852. The van der Waals surface area contributed by atoms with Gasteiger partial charge in [0.15, 0.2) is 0 Å². The number of amides is 1. The van der Waals surface area contributed by atoms with E-state index in [1.54, 1.807) is 25.1 Å². The molecule has 0 saturated heterocycles. The minimum Gasteiger partial charge on any atom is -0.375 e. The molecule has 0 spiro atoms. The molecule has 0 heterocycles. The molecule has 26 heavy (non-hydrogen) atoms. The van der Waals surface area contributed by atoms with Crippen molar-refractivity contribution in [2.45, 2.75) is 13.3 Å². The number of benzene rings is 2. The molecule has 0 aliphatic rings. The highest BCUT2D eigenvalue weighted by Crippen LogP contribution is 2.20. The third-order valence-corrected chi connectivity index (χ3v) is 4.62. The molecule has 6 nitrogen and oxygen atoms in total. The van der Waals surface area contributed by atoms with Crippen LogP contribution in [0.4, 0.5) is 11.4 Å². The van der Waals surface area contributed by atoms with Crippen LogP contribution in [-0.2, 0) is 10.0 Å². The van der Waals surface area contributed by atoms with Crippen LogP contribution in [0.15, 0.2) is 48.5 Å². The summed E-state index contributed by atoms with van der Waals surface area (Å²) in [5, 5.41) is 2.89. The van der Waals surface area contributed by atoms with Crippen molar-refractivity contribution < 1.29 is 13.2 Å². The molecular formula is C19H25N3O3S. The second-order valence-corrected chi connectivity index (χ2v) is 7.97. The van der Waals surface area contributed by atoms with E-state index < -0.39 is 10.0 Å². The molecular weight excluding hydrogens is 350 g/mol. The molecule has 0 aliphatic heterocycles. The summed E-state index contributed by atoms with van der Waals surface area (Å²) in [4.78, 5) is 14.5. The van der Waals surface area contributed by atoms with Crippen LogP contribution in [0.1, 0.15) is 22.3 Å². The number of nitrogens with zero attached hydrogens (tertiary/aromatic N) is 1. The third kappa shape index (κ3) is 5.77. The van der Waals surface area contributed by atoms with Gasteiger partial charge < -0.3 is 10.2 Å². The molecule has 2 rings (SSSR count). The van der Waals surface area contributed by atoms with Crippen LogP contribution in [0.25, 0.3) is 0 Å². The molecule has 0 radical (unpaired) electrons. The lowest BCUT2D eigenvalue weighted by Crippen LogP contribution is -2.28. The first kappa shape index (κ1) is 19.8. The van der Waals surface area contributed by atoms with E-state index in [1.807, 2.05) is 37.4 Å². The number of nitrogens with one attached hydrogen (secondary N) is 2. The Morgan fingerprint density at radius 2 is 1.77 bits per heavy atom. The molecule has 7 heteroatoms. The van der Waals surface area contributed by atoms with Gasteiger partial charge in [0.2, 0.25) is 10.0 Å². The van der Waals surface area contributed by atoms with E-state index in [0.29, 0.717) is 23.4 Å². The van der Waals surface area contributed by atoms with Gasteiger partial charge in [0.25, 0.3) is 5.91 Å². The number of carbonyl (C=O) groups excluding carboxylic acids is 1. The number of rotatable bonds is 8. The molecule has 0 aromatic heterocycles. The van der Waals surface area contributed by atoms with Gasteiger partial charge in [-0.3, -0.25) is 9.52 Å². The highest BCUT2D eigenvalue weighted by atomic mass is 32.2. The Labute approximate surface area is 155 Å². The predicted molar refractivity (Wildman–Crippen MR) is 106 cm³/mol. The fourth-order valence-electron chi connectivity index (χ4n) is 2.62. The van der Waals surface area contributed by atoms with Crippen LogP contribution in [-0.4, -0.2) is 40.7 Å².